The van der Waals surface area contributed by atoms with E-state index >= 15 is 0 Å². The van der Waals surface area contributed by atoms with Crippen molar-refractivity contribution >= 4 is 17.6 Å². The number of aryl methyl sites for hydroxylation is 1. The van der Waals surface area contributed by atoms with Crippen molar-refractivity contribution in [3.05, 3.63) is 59.7 Å². The monoisotopic (exact) mass is 385 g/mol. The van der Waals surface area contributed by atoms with Crippen LogP contribution >= 0.6 is 0 Å². The van der Waals surface area contributed by atoms with Gasteiger partial charge in [0.2, 0.25) is 0 Å². The fourth-order valence-corrected chi connectivity index (χ4v) is 2.44. The second-order valence-corrected chi connectivity index (χ2v) is 6.83. The first-order valence-corrected chi connectivity index (χ1v) is 9.17. The summed E-state index contributed by atoms with van der Waals surface area (Å²) in [4.78, 5) is 24.1. The highest BCUT2D eigenvalue weighted by Crippen LogP contribution is 2.13. The van der Waals surface area contributed by atoms with E-state index < -0.39 is 6.10 Å². The highest BCUT2D eigenvalue weighted by Gasteiger charge is 2.11. The molecule has 150 valence electrons. The second kappa shape index (κ2) is 10.3. The Labute approximate surface area is 165 Å². The summed E-state index contributed by atoms with van der Waals surface area (Å²) in [6.45, 7) is 5.80. The summed E-state index contributed by atoms with van der Waals surface area (Å²) in [7, 11) is 0. The molecule has 0 bridgehead atoms. The van der Waals surface area contributed by atoms with Crippen molar-refractivity contribution in [1.29, 1.82) is 0 Å². The van der Waals surface area contributed by atoms with E-state index in [0.717, 1.165) is 5.56 Å². The van der Waals surface area contributed by atoms with Gasteiger partial charge < -0.3 is 25.8 Å². The number of urea groups is 1. The zero-order chi connectivity index (χ0) is 20.5. The number of carbonyl (C=O) groups is 2. The van der Waals surface area contributed by atoms with Crippen LogP contribution in [0.4, 0.5) is 10.5 Å². The topological polar surface area (TPSA) is 99.7 Å². The Balaban J connectivity index is 1.82. The number of ether oxygens (including phenoxy) is 1. The Morgan fingerprint density at radius 3 is 2.57 bits per heavy atom. The fraction of sp³-hybridized carbons (Fsp3) is 0.333. The number of rotatable bonds is 8. The van der Waals surface area contributed by atoms with Crippen molar-refractivity contribution in [1.82, 2.24) is 10.6 Å². The molecule has 0 aliphatic carbocycles. The predicted octanol–water partition coefficient (Wildman–Crippen LogP) is 2.69. The summed E-state index contributed by atoms with van der Waals surface area (Å²) in [5.74, 6) is 0.325. The van der Waals surface area contributed by atoms with Gasteiger partial charge in [-0.1, -0.05) is 18.2 Å². The van der Waals surface area contributed by atoms with E-state index in [9.17, 15) is 14.7 Å². The largest absolute Gasteiger partial charge is 0.491 e. The molecule has 0 heterocycles. The van der Waals surface area contributed by atoms with Crippen LogP contribution in [0.5, 0.6) is 5.75 Å². The lowest BCUT2D eigenvalue weighted by Crippen LogP contribution is -2.35. The number of aliphatic hydroxyl groups excluding tert-OH is 1. The molecular formula is C21H27N3O4. The molecular weight excluding hydrogens is 358 g/mol. The van der Waals surface area contributed by atoms with Gasteiger partial charge in [0.25, 0.3) is 5.91 Å². The van der Waals surface area contributed by atoms with Gasteiger partial charge in [-0.15, -0.1) is 0 Å². The van der Waals surface area contributed by atoms with Crippen LogP contribution in [0.1, 0.15) is 29.8 Å². The van der Waals surface area contributed by atoms with Crippen LogP contribution in [-0.4, -0.2) is 42.3 Å². The lowest BCUT2D eigenvalue weighted by atomic mass is 10.2. The van der Waals surface area contributed by atoms with Gasteiger partial charge in [0.05, 0.1) is 0 Å². The van der Waals surface area contributed by atoms with Crippen LogP contribution in [0.25, 0.3) is 0 Å². The first-order chi connectivity index (χ1) is 13.3. The predicted molar refractivity (Wildman–Crippen MR) is 109 cm³/mol. The molecule has 0 aliphatic rings. The van der Waals surface area contributed by atoms with Gasteiger partial charge in [-0.05, 0) is 56.7 Å². The number of carbonyl (C=O) groups excluding carboxylic acids is 2. The number of anilines is 1. The highest BCUT2D eigenvalue weighted by atomic mass is 16.5. The molecule has 7 nitrogen and oxygen atoms in total. The highest BCUT2D eigenvalue weighted by molar-refractivity contribution is 5.96. The smallest absolute Gasteiger partial charge is 0.319 e. The maximum Gasteiger partial charge on any atom is 0.319 e. The third-order valence-electron chi connectivity index (χ3n) is 3.73. The Kier molecular flexibility index (Phi) is 7.83. The van der Waals surface area contributed by atoms with Gasteiger partial charge in [-0.3, -0.25) is 4.79 Å². The zero-order valence-electron chi connectivity index (χ0n) is 16.4. The summed E-state index contributed by atoms with van der Waals surface area (Å²) < 4.78 is 5.53. The van der Waals surface area contributed by atoms with E-state index in [1.165, 1.54) is 0 Å². The standard InChI is InChI=1S/C21H27N3O4/c1-14(2)23-21(27)24-17-8-5-7-16(11-17)20(26)22-12-18(25)13-28-19-9-4-6-15(3)10-19/h4-11,14,18,25H,12-13H2,1-3H3,(H,22,26)(H2,23,24,27). The molecule has 28 heavy (non-hydrogen) atoms. The van der Waals surface area contributed by atoms with Crippen molar-refractivity contribution in [2.24, 2.45) is 0 Å². The van der Waals surface area contributed by atoms with Gasteiger partial charge in [0.15, 0.2) is 0 Å². The van der Waals surface area contributed by atoms with E-state index in [0.29, 0.717) is 17.0 Å². The quantitative estimate of drug-likeness (QED) is 0.561. The Bertz CT molecular complexity index is 808. The second-order valence-electron chi connectivity index (χ2n) is 6.83. The molecule has 0 radical (unpaired) electrons. The fourth-order valence-electron chi connectivity index (χ4n) is 2.44. The molecule has 0 saturated carbocycles. The van der Waals surface area contributed by atoms with Crippen LogP contribution in [0.15, 0.2) is 48.5 Å². The summed E-state index contributed by atoms with van der Waals surface area (Å²) in [5.41, 5.74) is 1.96. The number of aliphatic hydroxyl groups is 1. The molecule has 0 spiro atoms. The van der Waals surface area contributed by atoms with Gasteiger partial charge in [0.1, 0.15) is 18.5 Å². The van der Waals surface area contributed by atoms with Crippen molar-refractivity contribution < 1.29 is 19.4 Å². The summed E-state index contributed by atoms with van der Waals surface area (Å²) in [6.07, 6.45) is -0.845. The molecule has 2 aromatic rings. The number of hydrogen-bond acceptors (Lipinski definition) is 4. The average Bonchev–Trinajstić information content (AvgIpc) is 2.64. The van der Waals surface area contributed by atoms with E-state index in [1.54, 1.807) is 24.3 Å². The van der Waals surface area contributed by atoms with Crippen LogP contribution in [0.3, 0.4) is 0 Å². The van der Waals surface area contributed by atoms with Crippen LogP contribution in [-0.2, 0) is 0 Å². The Morgan fingerprint density at radius 2 is 1.86 bits per heavy atom. The lowest BCUT2D eigenvalue weighted by molar-refractivity contribution is 0.0843. The number of hydrogen-bond donors (Lipinski definition) is 4. The molecule has 2 aromatic carbocycles. The zero-order valence-corrected chi connectivity index (χ0v) is 16.4. The third kappa shape index (κ3) is 7.28. The molecule has 0 aliphatic heterocycles. The van der Waals surface area contributed by atoms with Crippen molar-refractivity contribution in [2.75, 3.05) is 18.5 Å². The van der Waals surface area contributed by atoms with E-state index in [-0.39, 0.29) is 31.1 Å². The third-order valence-corrected chi connectivity index (χ3v) is 3.73. The Hall–Kier alpha value is -3.06. The SMILES string of the molecule is Cc1cccc(OCC(O)CNC(=O)c2cccc(NC(=O)NC(C)C)c2)c1. The minimum atomic E-state index is -0.845. The summed E-state index contributed by atoms with van der Waals surface area (Å²) in [6, 6.07) is 13.8. The molecule has 2 rings (SSSR count). The number of benzene rings is 2. The molecule has 0 saturated heterocycles. The molecule has 7 heteroatoms. The minimum Gasteiger partial charge on any atom is -0.491 e. The van der Waals surface area contributed by atoms with Gasteiger partial charge in [-0.2, -0.15) is 0 Å². The summed E-state index contributed by atoms with van der Waals surface area (Å²) in [5, 5.41) is 18.1. The molecule has 1 unspecified atom stereocenters. The maximum atomic E-state index is 12.3. The molecule has 3 amide bonds. The van der Waals surface area contributed by atoms with Crippen LogP contribution in [0.2, 0.25) is 0 Å². The van der Waals surface area contributed by atoms with Crippen molar-refractivity contribution in [3.8, 4) is 5.75 Å². The number of amides is 3. The first-order valence-electron chi connectivity index (χ1n) is 9.17. The van der Waals surface area contributed by atoms with Gasteiger partial charge >= 0.3 is 6.03 Å². The molecule has 4 N–H and O–H groups in total. The molecule has 0 aromatic heterocycles. The van der Waals surface area contributed by atoms with E-state index in [1.807, 2.05) is 45.0 Å². The van der Waals surface area contributed by atoms with Crippen LogP contribution < -0.4 is 20.7 Å². The first kappa shape index (κ1) is 21.2. The van der Waals surface area contributed by atoms with Crippen molar-refractivity contribution in [2.45, 2.75) is 32.9 Å². The van der Waals surface area contributed by atoms with Crippen molar-refractivity contribution in [3.63, 3.8) is 0 Å². The summed E-state index contributed by atoms with van der Waals surface area (Å²) >= 11 is 0. The lowest BCUT2D eigenvalue weighted by Gasteiger charge is -2.14. The molecule has 1 atom stereocenters. The number of nitrogens with one attached hydrogen (secondary N) is 3. The molecule has 0 fully saturated rings. The average molecular weight is 385 g/mol. The van der Waals surface area contributed by atoms with Gasteiger partial charge in [0, 0.05) is 23.8 Å². The minimum absolute atomic E-state index is 0.00925. The normalized spacial score (nSPS) is 11.6. The Morgan fingerprint density at radius 1 is 1.11 bits per heavy atom. The van der Waals surface area contributed by atoms with Crippen LogP contribution in [0, 0.1) is 6.92 Å². The van der Waals surface area contributed by atoms with Gasteiger partial charge in [-0.25, -0.2) is 4.79 Å². The van der Waals surface area contributed by atoms with E-state index in [4.69, 9.17) is 4.74 Å². The maximum absolute atomic E-state index is 12.3. The van der Waals surface area contributed by atoms with E-state index in [2.05, 4.69) is 16.0 Å².